The van der Waals surface area contributed by atoms with Gasteiger partial charge in [0.05, 0.1) is 12.7 Å². The Morgan fingerprint density at radius 2 is 1.90 bits per heavy atom. The summed E-state index contributed by atoms with van der Waals surface area (Å²) in [5.41, 5.74) is 0. The van der Waals surface area contributed by atoms with Gasteiger partial charge in [0.2, 0.25) is 0 Å². The molecule has 1 saturated carbocycles. The average Bonchev–Trinajstić information content (AvgIpc) is 2.45. The first kappa shape index (κ1) is 18.9. The molecule has 3 nitrogen and oxygen atoms in total. The van der Waals surface area contributed by atoms with E-state index in [1.54, 1.807) is 0 Å². The summed E-state index contributed by atoms with van der Waals surface area (Å²) in [7, 11) is 0. The Labute approximate surface area is 131 Å². The van der Waals surface area contributed by atoms with E-state index in [1.807, 2.05) is 0 Å². The van der Waals surface area contributed by atoms with Crippen molar-refractivity contribution in [2.24, 2.45) is 17.8 Å². The standard InChI is InChI=1S/C18H37NO2/c1-15(2)5-4-12-21-14-18(20)13-19-11-10-17-8-6-16(3)7-9-17/h15-20H,4-14H2,1-3H3. The highest BCUT2D eigenvalue weighted by Gasteiger charge is 2.17. The minimum atomic E-state index is -0.365. The second kappa shape index (κ2) is 11.4. The van der Waals surface area contributed by atoms with E-state index in [0.29, 0.717) is 13.2 Å². The lowest BCUT2D eigenvalue weighted by Gasteiger charge is -2.26. The molecular formula is C18H37NO2. The molecule has 0 aromatic heterocycles. The molecule has 0 bridgehead atoms. The van der Waals surface area contributed by atoms with E-state index >= 15 is 0 Å². The molecule has 126 valence electrons. The molecule has 1 rings (SSSR count). The minimum absolute atomic E-state index is 0.365. The summed E-state index contributed by atoms with van der Waals surface area (Å²) < 4.78 is 5.51. The summed E-state index contributed by atoms with van der Waals surface area (Å²) in [5.74, 6) is 2.57. The monoisotopic (exact) mass is 299 g/mol. The third-order valence-corrected chi connectivity index (χ3v) is 4.63. The highest BCUT2D eigenvalue weighted by molar-refractivity contribution is 4.71. The lowest BCUT2D eigenvalue weighted by molar-refractivity contribution is 0.0346. The van der Waals surface area contributed by atoms with Gasteiger partial charge < -0.3 is 15.2 Å². The largest absolute Gasteiger partial charge is 0.389 e. The molecule has 2 N–H and O–H groups in total. The molecule has 0 heterocycles. The highest BCUT2D eigenvalue weighted by atomic mass is 16.5. The number of nitrogens with one attached hydrogen (secondary N) is 1. The van der Waals surface area contributed by atoms with Crippen LogP contribution in [0.2, 0.25) is 0 Å². The molecule has 3 heteroatoms. The fourth-order valence-corrected chi connectivity index (χ4v) is 3.06. The number of rotatable bonds is 11. The summed E-state index contributed by atoms with van der Waals surface area (Å²) in [5, 5.41) is 13.2. The topological polar surface area (TPSA) is 41.5 Å². The third kappa shape index (κ3) is 10.3. The molecule has 0 aromatic rings. The fourth-order valence-electron chi connectivity index (χ4n) is 3.06. The van der Waals surface area contributed by atoms with Crippen molar-refractivity contribution in [2.45, 2.75) is 71.8 Å². The summed E-state index contributed by atoms with van der Waals surface area (Å²) in [6.45, 7) is 9.75. The van der Waals surface area contributed by atoms with Gasteiger partial charge in [0, 0.05) is 13.2 Å². The van der Waals surface area contributed by atoms with Crippen LogP contribution < -0.4 is 5.32 Å². The van der Waals surface area contributed by atoms with Gasteiger partial charge in [0.25, 0.3) is 0 Å². The summed E-state index contributed by atoms with van der Waals surface area (Å²) in [4.78, 5) is 0. The van der Waals surface area contributed by atoms with Crippen LogP contribution in [-0.4, -0.2) is 37.5 Å². The molecule has 1 unspecified atom stereocenters. The lowest BCUT2D eigenvalue weighted by atomic mass is 9.81. The Balaban J connectivity index is 1.88. The van der Waals surface area contributed by atoms with Gasteiger partial charge in [-0.3, -0.25) is 0 Å². The number of ether oxygens (including phenoxy) is 1. The average molecular weight is 299 g/mol. The van der Waals surface area contributed by atoms with Gasteiger partial charge in [-0.15, -0.1) is 0 Å². The van der Waals surface area contributed by atoms with Crippen molar-refractivity contribution >= 4 is 0 Å². The zero-order chi connectivity index (χ0) is 15.5. The Bertz CT molecular complexity index is 237. The zero-order valence-corrected chi connectivity index (χ0v) is 14.4. The summed E-state index contributed by atoms with van der Waals surface area (Å²) in [6, 6.07) is 0. The highest BCUT2D eigenvalue weighted by Crippen LogP contribution is 2.29. The lowest BCUT2D eigenvalue weighted by Crippen LogP contribution is -2.32. The van der Waals surface area contributed by atoms with Gasteiger partial charge in [0.15, 0.2) is 0 Å². The van der Waals surface area contributed by atoms with E-state index in [0.717, 1.165) is 37.3 Å². The van der Waals surface area contributed by atoms with Crippen molar-refractivity contribution in [2.75, 3.05) is 26.3 Å². The Hall–Kier alpha value is -0.120. The van der Waals surface area contributed by atoms with Crippen LogP contribution in [0.3, 0.4) is 0 Å². The molecule has 1 atom stereocenters. The first-order valence-electron chi connectivity index (χ1n) is 9.04. The van der Waals surface area contributed by atoms with Crippen LogP contribution in [0, 0.1) is 17.8 Å². The van der Waals surface area contributed by atoms with Crippen LogP contribution in [0.4, 0.5) is 0 Å². The van der Waals surface area contributed by atoms with Crippen LogP contribution in [-0.2, 0) is 4.74 Å². The van der Waals surface area contributed by atoms with Crippen molar-refractivity contribution in [3.05, 3.63) is 0 Å². The van der Waals surface area contributed by atoms with Gasteiger partial charge in [-0.05, 0) is 43.6 Å². The van der Waals surface area contributed by atoms with Crippen molar-refractivity contribution < 1.29 is 9.84 Å². The van der Waals surface area contributed by atoms with Crippen LogP contribution in [0.1, 0.15) is 65.7 Å². The smallest absolute Gasteiger partial charge is 0.0897 e. The Morgan fingerprint density at radius 3 is 2.57 bits per heavy atom. The molecule has 0 saturated heterocycles. The number of hydrogen-bond acceptors (Lipinski definition) is 3. The maximum atomic E-state index is 9.84. The number of aliphatic hydroxyl groups is 1. The van der Waals surface area contributed by atoms with Crippen LogP contribution >= 0.6 is 0 Å². The molecule has 0 amide bonds. The second-order valence-corrected chi connectivity index (χ2v) is 7.38. The zero-order valence-electron chi connectivity index (χ0n) is 14.4. The predicted molar refractivity (Wildman–Crippen MR) is 89.5 cm³/mol. The SMILES string of the molecule is CC(C)CCCOCC(O)CNCCC1CCC(C)CC1. The molecular weight excluding hydrogens is 262 g/mol. The Morgan fingerprint density at radius 1 is 1.19 bits per heavy atom. The molecule has 1 aliphatic carbocycles. The normalized spacial score (nSPS) is 24.4. The van der Waals surface area contributed by atoms with E-state index in [9.17, 15) is 5.11 Å². The van der Waals surface area contributed by atoms with Crippen LogP contribution in [0.15, 0.2) is 0 Å². The van der Waals surface area contributed by atoms with Crippen molar-refractivity contribution in [1.29, 1.82) is 0 Å². The van der Waals surface area contributed by atoms with Crippen molar-refractivity contribution in [3.63, 3.8) is 0 Å². The minimum Gasteiger partial charge on any atom is -0.389 e. The van der Waals surface area contributed by atoms with Gasteiger partial charge in [-0.1, -0.05) is 46.5 Å². The van der Waals surface area contributed by atoms with E-state index in [1.165, 1.54) is 38.5 Å². The predicted octanol–water partition coefficient (Wildman–Crippen LogP) is 3.61. The van der Waals surface area contributed by atoms with Gasteiger partial charge in [-0.2, -0.15) is 0 Å². The summed E-state index contributed by atoms with van der Waals surface area (Å²) >= 11 is 0. The summed E-state index contributed by atoms with van der Waals surface area (Å²) in [6.07, 6.45) is 8.78. The van der Waals surface area contributed by atoms with E-state index in [4.69, 9.17) is 4.74 Å². The van der Waals surface area contributed by atoms with Crippen molar-refractivity contribution in [1.82, 2.24) is 5.32 Å². The number of aliphatic hydroxyl groups excluding tert-OH is 1. The third-order valence-electron chi connectivity index (χ3n) is 4.63. The van der Waals surface area contributed by atoms with Gasteiger partial charge >= 0.3 is 0 Å². The Kier molecular flexibility index (Phi) is 10.3. The van der Waals surface area contributed by atoms with Crippen molar-refractivity contribution in [3.8, 4) is 0 Å². The van der Waals surface area contributed by atoms with Crippen LogP contribution in [0.25, 0.3) is 0 Å². The molecule has 0 aliphatic heterocycles. The van der Waals surface area contributed by atoms with E-state index in [-0.39, 0.29) is 6.10 Å². The van der Waals surface area contributed by atoms with Gasteiger partial charge in [-0.25, -0.2) is 0 Å². The maximum absolute atomic E-state index is 9.84. The maximum Gasteiger partial charge on any atom is 0.0897 e. The van der Waals surface area contributed by atoms with E-state index in [2.05, 4.69) is 26.1 Å². The molecule has 0 aromatic carbocycles. The van der Waals surface area contributed by atoms with Crippen LogP contribution in [0.5, 0.6) is 0 Å². The molecule has 0 radical (unpaired) electrons. The first-order valence-corrected chi connectivity index (χ1v) is 9.04. The molecule has 0 spiro atoms. The number of hydrogen-bond donors (Lipinski definition) is 2. The van der Waals surface area contributed by atoms with Gasteiger partial charge in [0.1, 0.15) is 0 Å². The first-order chi connectivity index (χ1) is 10.1. The van der Waals surface area contributed by atoms with E-state index < -0.39 is 0 Å². The quantitative estimate of drug-likeness (QED) is 0.573. The molecule has 1 fully saturated rings. The molecule has 21 heavy (non-hydrogen) atoms. The second-order valence-electron chi connectivity index (χ2n) is 7.38. The molecule has 1 aliphatic rings. The fraction of sp³-hybridized carbons (Fsp3) is 1.00.